The molecule has 0 aromatic rings. The Hall–Kier alpha value is -1.14. The van der Waals surface area contributed by atoms with E-state index in [0.29, 0.717) is 30.2 Å². The van der Waals surface area contributed by atoms with Crippen molar-refractivity contribution in [1.82, 2.24) is 15.1 Å². The lowest BCUT2D eigenvalue weighted by molar-refractivity contribution is -0.149. The molecule has 1 saturated carbocycles. The number of likely N-dealkylation sites (tertiary alicyclic amines) is 2. The molecule has 3 saturated heterocycles. The average molecular weight is 348 g/mol. The first-order chi connectivity index (χ1) is 12.1. The van der Waals surface area contributed by atoms with E-state index < -0.39 is 5.54 Å². The summed E-state index contributed by atoms with van der Waals surface area (Å²) in [5.74, 6) is 1.54. The standard InChI is InChI=1S/C19H32N4O2/c20-19(7-1-8-19)18(25)22-11-6-16-15(13-22)2-3-17(24)23(16)12-14-4-9-21-10-5-14/h14-16,21H,1-13,20H2/t15-,16+/m0/s1. The number of amides is 2. The maximum Gasteiger partial charge on any atom is 0.242 e. The first kappa shape index (κ1) is 17.3. The number of carbonyl (C=O) groups excluding carboxylic acids is 2. The summed E-state index contributed by atoms with van der Waals surface area (Å²) in [6.45, 7) is 4.60. The van der Waals surface area contributed by atoms with Crippen LogP contribution in [0.25, 0.3) is 0 Å². The minimum atomic E-state index is -0.591. The highest BCUT2D eigenvalue weighted by atomic mass is 16.2. The van der Waals surface area contributed by atoms with Crippen molar-refractivity contribution in [3.05, 3.63) is 0 Å². The van der Waals surface area contributed by atoms with Crippen LogP contribution in [-0.2, 0) is 9.59 Å². The van der Waals surface area contributed by atoms with Gasteiger partial charge in [-0.1, -0.05) is 0 Å². The summed E-state index contributed by atoms with van der Waals surface area (Å²) in [6, 6.07) is 0.329. The van der Waals surface area contributed by atoms with E-state index in [0.717, 1.165) is 64.8 Å². The lowest BCUT2D eigenvalue weighted by Gasteiger charge is -2.50. The lowest BCUT2D eigenvalue weighted by atomic mass is 9.75. The van der Waals surface area contributed by atoms with E-state index in [4.69, 9.17) is 5.73 Å². The fourth-order valence-corrected chi connectivity index (χ4v) is 5.20. The zero-order valence-electron chi connectivity index (χ0n) is 15.2. The fraction of sp³-hybridized carbons (Fsp3) is 0.895. The molecule has 3 aliphatic heterocycles. The van der Waals surface area contributed by atoms with Crippen LogP contribution < -0.4 is 11.1 Å². The van der Waals surface area contributed by atoms with Crippen molar-refractivity contribution in [3.63, 3.8) is 0 Å². The maximum atomic E-state index is 12.8. The van der Waals surface area contributed by atoms with Crippen LogP contribution >= 0.6 is 0 Å². The van der Waals surface area contributed by atoms with Gasteiger partial charge in [0.05, 0.1) is 5.54 Å². The van der Waals surface area contributed by atoms with E-state index in [2.05, 4.69) is 10.2 Å². The van der Waals surface area contributed by atoms with Gasteiger partial charge in [-0.25, -0.2) is 0 Å². The Bertz CT molecular complexity index is 528. The van der Waals surface area contributed by atoms with E-state index in [9.17, 15) is 9.59 Å². The molecule has 2 amide bonds. The minimum Gasteiger partial charge on any atom is -0.341 e. The number of hydrogen-bond acceptors (Lipinski definition) is 4. The number of nitrogens with zero attached hydrogens (tertiary/aromatic N) is 2. The zero-order chi connectivity index (χ0) is 17.4. The molecule has 0 aromatic carbocycles. The van der Waals surface area contributed by atoms with Gasteiger partial charge in [-0.3, -0.25) is 9.59 Å². The normalized spacial score (nSPS) is 32.9. The fourth-order valence-electron chi connectivity index (χ4n) is 5.20. The van der Waals surface area contributed by atoms with Gasteiger partial charge < -0.3 is 20.9 Å². The van der Waals surface area contributed by atoms with Crippen molar-refractivity contribution in [3.8, 4) is 0 Å². The molecule has 6 heteroatoms. The van der Waals surface area contributed by atoms with Crippen LogP contribution in [-0.4, -0.2) is 65.9 Å². The molecule has 2 atom stereocenters. The highest BCUT2D eigenvalue weighted by Gasteiger charge is 2.46. The second kappa shape index (κ2) is 6.88. The third-order valence-electron chi connectivity index (χ3n) is 7.02. The summed E-state index contributed by atoms with van der Waals surface area (Å²) < 4.78 is 0. The predicted octanol–water partition coefficient (Wildman–Crippen LogP) is 0.707. The van der Waals surface area contributed by atoms with Crippen molar-refractivity contribution in [2.75, 3.05) is 32.7 Å². The Morgan fingerprint density at radius 2 is 1.96 bits per heavy atom. The van der Waals surface area contributed by atoms with Crippen LogP contribution in [0, 0.1) is 11.8 Å². The van der Waals surface area contributed by atoms with Gasteiger partial charge in [-0.15, -0.1) is 0 Å². The van der Waals surface area contributed by atoms with E-state index in [-0.39, 0.29) is 5.91 Å². The molecule has 0 bridgehead atoms. The third-order valence-corrected chi connectivity index (χ3v) is 7.02. The SMILES string of the molecule is NC1(C(=O)N2CC[C@@H]3[C@@H](CCC(=O)N3CC3CCNCC3)C2)CCC1. The van der Waals surface area contributed by atoms with Gasteiger partial charge in [0.1, 0.15) is 0 Å². The van der Waals surface area contributed by atoms with Crippen molar-refractivity contribution in [2.24, 2.45) is 17.6 Å². The van der Waals surface area contributed by atoms with Gasteiger partial charge in [0, 0.05) is 32.1 Å². The van der Waals surface area contributed by atoms with Crippen LogP contribution in [0.1, 0.15) is 51.4 Å². The summed E-state index contributed by atoms with van der Waals surface area (Å²) in [5.41, 5.74) is 5.67. The number of nitrogens with two attached hydrogens (primary N) is 1. The van der Waals surface area contributed by atoms with Crippen molar-refractivity contribution < 1.29 is 9.59 Å². The van der Waals surface area contributed by atoms with Crippen LogP contribution in [0.2, 0.25) is 0 Å². The van der Waals surface area contributed by atoms with Gasteiger partial charge in [0.2, 0.25) is 11.8 Å². The minimum absolute atomic E-state index is 0.152. The molecule has 0 radical (unpaired) electrons. The first-order valence-corrected chi connectivity index (χ1v) is 10.2. The van der Waals surface area contributed by atoms with Crippen LogP contribution in [0.3, 0.4) is 0 Å². The summed E-state index contributed by atoms with van der Waals surface area (Å²) in [6.07, 6.45) is 7.55. The number of carbonyl (C=O) groups is 2. The topological polar surface area (TPSA) is 78.7 Å². The molecule has 0 unspecified atom stereocenters. The largest absolute Gasteiger partial charge is 0.341 e. The van der Waals surface area contributed by atoms with Crippen molar-refractivity contribution >= 4 is 11.8 Å². The predicted molar refractivity (Wildman–Crippen MR) is 95.8 cm³/mol. The first-order valence-electron chi connectivity index (χ1n) is 10.2. The maximum absolute atomic E-state index is 12.8. The van der Waals surface area contributed by atoms with Gasteiger partial charge in [-0.05, 0) is 69.9 Å². The second-order valence-corrected chi connectivity index (χ2v) is 8.66. The van der Waals surface area contributed by atoms with E-state index in [1.807, 2.05) is 4.90 Å². The summed E-state index contributed by atoms with van der Waals surface area (Å²) in [4.78, 5) is 29.5. The lowest BCUT2D eigenvalue weighted by Crippen LogP contribution is -2.64. The molecule has 3 heterocycles. The molecule has 140 valence electrons. The van der Waals surface area contributed by atoms with Crippen molar-refractivity contribution in [1.29, 1.82) is 0 Å². The Morgan fingerprint density at radius 1 is 1.20 bits per heavy atom. The second-order valence-electron chi connectivity index (χ2n) is 8.66. The average Bonchev–Trinajstić information content (AvgIpc) is 2.62. The smallest absolute Gasteiger partial charge is 0.242 e. The number of rotatable bonds is 3. The zero-order valence-corrected chi connectivity index (χ0v) is 15.2. The number of fused-ring (bicyclic) bond motifs is 1. The van der Waals surface area contributed by atoms with Crippen LogP contribution in [0.5, 0.6) is 0 Å². The van der Waals surface area contributed by atoms with Gasteiger partial charge in [0.25, 0.3) is 0 Å². The molecule has 0 spiro atoms. The van der Waals surface area contributed by atoms with Crippen LogP contribution in [0.15, 0.2) is 0 Å². The Kier molecular flexibility index (Phi) is 4.75. The molecule has 4 fully saturated rings. The van der Waals surface area contributed by atoms with Gasteiger partial charge in [-0.2, -0.15) is 0 Å². The molecular weight excluding hydrogens is 316 g/mol. The number of piperidine rings is 3. The monoisotopic (exact) mass is 348 g/mol. The molecule has 0 aromatic heterocycles. The highest BCUT2D eigenvalue weighted by Crippen LogP contribution is 2.36. The highest BCUT2D eigenvalue weighted by molar-refractivity contribution is 5.87. The molecular formula is C19H32N4O2. The molecule has 4 rings (SSSR count). The number of hydrogen-bond donors (Lipinski definition) is 2. The summed E-state index contributed by atoms with van der Waals surface area (Å²) >= 11 is 0. The Balaban J connectivity index is 1.40. The Labute approximate surface area is 150 Å². The summed E-state index contributed by atoms with van der Waals surface area (Å²) in [5, 5.41) is 3.40. The Morgan fingerprint density at radius 3 is 2.64 bits per heavy atom. The van der Waals surface area contributed by atoms with Crippen LogP contribution in [0.4, 0.5) is 0 Å². The number of nitrogens with one attached hydrogen (secondary N) is 1. The summed E-state index contributed by atoms with van der Waals surface area (Å²) in [7, 11) is 0. The molecule has 3 N–H and O–H groups in total. The van der Waals surface area contributed by atoms with Gasteiger partial charge >= 0.3 is 0 Å². The quantitative estimate of drug-likeness (QED) is 0.787. The van der Waals surface area contributed by atoms with Gasteiger partial charge in [0.15, 0.2) is 0 Å². The van der Waals surface area contributed by atoms with E-state index in [1.54, 1.807) is 0 Å². The van der Waals surface area contributed by atoms with Crippen molar-refractivity contribution in [2.45, 2.75) is 62.9 Å². The molecule has 1 aliphatic carbocycles. The van der Waals surface area contributed by atoms with E-state index in [1.165, 1.54) is 12.8 Å². The third kappa shape index (κ3) is 3.31. The molecule has 4 aliphatic rings. The molecule has 6 nitrogen and oxygen atoms in total. The molecule has 25 heavy (non-hydrogen) atoms. The van der Waals surface area contributed by atoms with E-state index >= 15 is 0 Å².